The van der Waals surface area contributed by atoms with Crippen LogP contribution in [0.15, 0.2) is 36.4 Å². The molecule has 2 aromatic rings. The maximum absolute atomic E-state index is 13.6. The smallest absolute Gasteiger partial charge is 0.127 e. The second kappa shape index (κ2) is 6.19. The lowest BCUT2D eigenvalue weighted by atomic mass is 9.95. The predicted molar refractivity (Wildman–Crippen MR) is 82.3 cm³/mol. The molecule has 1 atom stereocenters. The molecule has 0 aliphatic heterocycles. The van der Waals surface area contributed by atoms with Gasteiger partial charge in [-0.15, -0.1) is 0 Å². The summed E-state index contributed by atoms with van der Waals surface area (Å²) < 4.78 is 13.6. The van der Waals surface area contributed by atoms with Crippen molar-refractivity contribution in [1.82, 2.24) is 5.32 Å². The van der Waals surface area contributed by atoms with Crippen molar-refractivity contribution >= 4 is 0 Å². The van der Waals surface area contributed by atoms with Gasteiger partial charge in [-0.3, -0.25) is 0 Å². The zero-order valence-electron chi connectivity index (χ0n) is 12.6. The summed E-state index contributed by atoms with van der Waals surface area (Å²) in [6.45, 7) is 9.06. The van der Waals surface area contributed by atoms with Crippen molar-refractivity contribution < 1.29 is 4.39 Å². The molecule has 0 fully saturated rings. The molecule has 0 saturated heterocycles. The van der Waals surface area contributed by atoms with Crippen molar-refractivity contribution in [3.05, 3.63) is 70.0 Å². The van der Waals surface area contributed by atoms with Crippen LogP contribution in [0.2, 0.25) is 0 Å². The second-order valence-corrected chi connectivity index (χ2v) is 5.51. The van der Waals surface area contributed by atoms with Crippen LogP contribution in [-0.4, -0.2) is 0 Å². The average Bonchev–Trinajstić information content (AvgIpc) is 2.36. The van der Waals surface area contributed by atoms with Crippen molar-refractivity contribution in [3.8, 4) is 0 Å². The zero-order valence-corrected chi connectivity index (χ0v) is 12.6. The average molecular weight is 271 g/mol. The van der Waals surface area contributed by atoms with Crippen LogP contribution in [0, 0.1) is 26.6 Å². The fraction of sp³-hybridized carbons (Fsp3) is 0.333. The number of rotatable bonds is 4. The summed E-state index contributed by atoms with van der Waals surface area (Å²) >= 11 is 0. The maximum Gasteiger partial charge on any atom is 0.127 e. The number of hydrogen-bond donors (Lipinski definition) is 1. The summed E-state index contributed by atoms with van der Waals surface area (Å²) in [6, 6.07) is 11.5. The van der Waals surface area contributed by atoms with E-state index in [9.17, 15) is 4.39 Å². The Hall–Kier alpha value is -1.67. The van der Waals surface area contributed by atoms with Gasteiger partial charge in [-0.05, 0) is 50.5 Å². The highest BCUT2D eigenvalue weighted by atomic mass is 19.1. The van der Waals surface area contributed by atoms with Crippen LogP contribution < -0.4 is 5.32 Å². The molecule has 0 radical (unpaired) electrons. The van der Waals surface area contributed by atoms with E-state index in [0.29, 0.717) is 12.1 Å². The highest BCUT2D eigenvalue weighted by molar-refractivity contribution is 5.39. The van der Waals surface area contributed by atoms with Crippen LogP contribution in [0.1, 0.15) is 40.8 Å². The van der Waals surface area contributed by atoms with E-state index >= 15 is 0 Å². The van der Waals surface area contributed by atoms with Crippen LogP contribution in [0.4, 0.5) is 4.39 Å². The molecule has 1 unspecified atom stereocenters. The van der Waals surface area contributed by atoms with Crippen LogP contribution >= 0.6 is 0 Å². The number of halogens is 1. The van der Waals surface area contributed by atoms with E-state index in [4.69, 9.17) is 0 Å². The molecule has 106 valence electrons. The number of benzene rings is 2. The number of aryl methyl sites for hydroxylation is 3. The Kier molecular flexibility index (Phi) is 4.56. The van der Waals surface area contributed by atoms with Gasteiger partial charge in [0.1, 0.15) is 5.82 Å². The van der Waals surface area contributed by atoms with Gasteiger partial charge in [0, 0.05) is 18.2 Å². The largest absolute Gasteiger partial charge is 0.306 e. The Morgan fingerprint density at radius 2 is 1.65 bits per heavy atom. The minimum atomic E-state index is -0.149. The first-order chi connectivity index (χ1) is 9.49. The monoisotopic (exact) mass is 271 g/mol. The fourth-order valence-corrected chi connectivity index (χ4v) is 2.88. The quantitative estimate of drug-likeness (QED) is 0.856. The van der Waals surface area contributed by atoms with Gasteiger partial charge in [0.25, 0.3) is 0 Å². The lowest BCUT2D eigenvalue weighted by Crippen LogP contribution is -2.20. The third-order valence-electron chi connectivity index (χ3n) is 3.73. The second-order valence-electron chi connectivity index (χ2n) is 5.51. The molecule has 2 aromatic carbocycles. The van der Waals surface area contributed by atoms with Crippen molar-refractivity contribution in [2.75, 3.05) is 0 Å². The summed E-state index contributed by atoms with van der Waals surface area (Å²) in [7, 11) is 0. The Bertz CT molecular complexity index is 581. The number of nitrogens with one attached hydrogen (secondary N) is 1. The first-order valence-electron chi connectivity index (χ1n) is 7.03. The molecule has 0 aliphatic rings. The van der Waals surface area contributed by atoms with Gasteiger partial charge < -0.3 is 5.32 Å². The SMILES string of the molecule is Cc1cc(C)c(C(C)NCc2ccccc2F)c(C)c1. The zero-order chi connectivity index (χ0) is 14.7. The lowest BCUT2D eigenvalue weighted by Gasteiger charge is -2.20. The third-order valence-corrected chi connectivity index (χ3v) is 3.73. The van der Waals surface area contributed by atoms with E-state index < -0.39 is 0 Å². The van der Waals surface area contributed by atoms with Crippen LogP contribution in [-0.2, 0) is 6.54 Å². The molecule has 20 heavy (non-hydrogen) atoms. The van der Waals surface area contributed by atoms with Gasteiger partial charge in [0.05, 0.1) is 0 Å². The molecule has 0 heterocycles. The van der Waals surface area contributed by atoms with Crippen molar-refractivity contribution in [1.29, 1.82) is 0 Å². The van der Waals surface area contributed by atoms with Gasteiger partial charge >= 0.3 is 0 Å². The topological polar surface area (TPSA) is 12.0 Å². The van der Waals surface area contributed by atoms with Gasteiger partial charge in [0.15, 0.2) is 0 Å². The van der Waals surface area contributed by atoms with Gasteiger partial charge in [-0.1, -0.05) is 35.9 Å². The van der Waals surface area contributed by atoms with Gasteiger partial charge in [0.2, 0.25) is 0 Å². The minimum Gasteiger partial charge on any atom is -0.306 e. The highest BCUT2D eigenvalue weighted by Crippen LogP contribution is 2.23. The summed E-state index contributed by atoms with van der Waals surface area (Å²) in [4.78, 5) is 0. The Balaban J connectivity index is 2.13. The van der Waals surface area contributed by atoms with Crippen molar-refractivity contribution in [3.63, 3.8) is 0 Å². The van der Waals surface area contributed by atoms with Crippen molar-refractivity contribution in [2.24, 2.45) is 0 Å². The standard InChI is InChI=1S/C18H22FN/c1-12-9-13(2)18(14(3)10-12)15(4)20-11-16-7-5-6-8-17(16)19/h5-10,15,20H,11H2,1-4H3. The molecule has 0 aromatic heterocycles. The minimum absolute atomic E-state index is 0.149. The fourth-order valence-electron chi connectivity index (χ4n) is 2.88. The third kappa shape index (κ3) is 3.26. The number of hydrogen-bond acceptors (Lipinski definition) is 1. The van der Waals surface area contributed by atoms with Crippen LogP contribution in [0.25, 0.3) is 0 Å². The molecule has 0 aliphatic carbocycles. The van der Waals surface area contributed by atoms with Gasteiger partial charge in [-0.25, -0.2) is 4.39 Å². The van der Waals surface area contributed by atoms with Crippen LogP contribution in [0.3, 0.4) is 0 Å². The lowest BCUT2D eigenvalue weighted by molar-refractivity contribution is 0.541. The molecular formula is C18H22FN. The molecular weight excluding hydrogens is 249 g/mol. The summed E-state index contributed by atoms with van der Waals surface area (Å²) in [5.41, 5.74) is 5.88. The predicted octanol–water partition coefficient (Wildman–Crippen LogP) is 4.60. The summed E-state index contributed by atoms with van der Waals surface area (Å²) in [5.74, 6) is -0.149. The maximum atomic E-state index is 13.6. The van der Waals surface area contributed by atoms with E-state index in [1.54, 1.807) is 6.07 Å². The Morgan fingerprint density at radius 3 is 2.25 bits per heavy atom. The molecule has 1 nitrogen and oxygen atoms in total. The summed E-state index contributed by atoms with van der Waals surface area (Å²) in [5, 5.41) is 3.42. The first kappa shape index (κ1) is 14.7. The summed E-state index contributed by atoms with van der Waals surface area (Å²) in [6.07, 6.45) is 0. The molecule has 0 spiro atoms. The molecule has 0 bridgehead atoms. The van der Waals surface area contributed by atoms with E-state index in [0.717, 1.165) is 0 Å². The van der Waals surface area contributed by atoms with E-state index in [1.165, 1.54) is 28.3 Å². The molecule has 0 saturated carbocycles. The molecule has 2 heteroatoms. The molecule has 1 N–H and O–H groups in total. The molecule has 2 rings (SSSR count). The highest BCUT2D eigenvalue weighted by Gasteiger charge is 2.12. The Morgan fingerprint density at radius 1 is 1.05 bits per heavy atom. The van der Waals surface area contributed by atoms with Crippen LogP contribution in [0.5, 0.6) is 0 Å². The molecule has 0 amide bonds. The Labute approximate surface area is 120 Å². The van der Waals surface area contributed by atoms with E-state index in [-0.39, 0.29) is 11.9 Å². The van der Waals surface area contributed by atoms with Crippen molar-refractivity contribution in [2.45, 2.75) is 40.3 Å². The first-order valence-corrected chi connectivity index (χ1v) is 7.03. The van der Waals surface area contributed by atoms with Gasteiger partial charge in [-0.2, -0.15) is 0 Å². The van der Waals surface area contributed by atoms with E-state index in [1.807, 2.05) is 12.1 Å². The normalized spacial score (nSPS) is 12.4. The van der Waals surface area contributed by atoms with E-state index in [2.05, 4.69) is 45.1 Å².